The summed E-state index contributed by atoms with van der Waals surface area (Å²) in [4.78, 5) is 22.6. The van der Waals surface area contributed by atoms with E-state index in [0.29, 0.717) is 17.3 Å². The third-order valence-corrected chi connectivity index (χ3v) is 3.90. The molecule has 2 amide bonds. The van der Waals surface area contributed by atoms with Crippen molar-refractivity contribution in [2.75, 3.05) is 34.9 Å². The normalized spacial score (nSPS) is 10.4. The van der Waals surface area contributed by atoms with Crippen LogP contribution in [0.4, 0.5) is 42.4 Å². The molecule has 0 aliphatic carbocycles. The van der Waals surface area contributed by atoms with Gasteiger partial charge in [-0.15, -0.1) is 0 Å². The molecule has 29 heavy (non-hydrogen) atoms. The fraction of sp³-hybridized carbons (Fsp3) is 0.150. The van der Waals surface area contributed by atoms with E-state index < -0.39 is 23.4 Å². The molecule has 7 nitrogen and oxygen atoms in total. The van der Waals surface area contributed by atoms with Crippen LogP contribution < -0.4 is 20.9 Å². The molecule has 150 valence electrons. The van der Waals surface area contributed by atoms with Crippen molar-refractivity contribution in [3.8, 4) is 0 Å². The average Bonchev–Trinajstić information content (AvgIpc) is 2.66. The van der Waals surface area contributed by atoms with Crippen molar-refractivity contribution >= 4 is 34.9 Å². The Morgan fingerprint density at radius 1 is 0.931 bits per heavy atom. The highest BCUT2D eigenvalue weighted by Crippen LogP contribution is 2.21. The molecular formula is C20H20F2N6O. The highest BCUT2D eigenvalue weighted by Gasteiger charge is 2.12. The van der Waals surface area contributed by atoms with Gasteiger partial charge in [-0.1, -0.05) is 6.07 Å². The number of carbonyl (C=O) groups excluding carboxylic acids is 1. The van der Waals surface area contributed by atoms with E-state index in [4.69, 9.17) is 0 Å². The van der Waals surface area contributed by atoms with Crippen LogP contribution >= 0.6 is 0 Å². The first kappa shape index (κ1) is 20.0. The summed E-state index contributed by atoms with van der Waals surface area (Å²) in [5, 5.41) is 7.78. The molecule has 3 N–H and O–H groups in total. The van der Waals surface area contributed by atoms with Crippen LogP contribution in [0.25, 0.3) is 0 Å². The molecule has 0 bridgehead atoms. The quantitative estimate of drug-likeness (QED) is 0.589. The van der Waals surface area contributed by atoms with Crippen molar-refractivity contribution in [3.05, 3.63) is 65.9 Å². The summed E-state index contributed by atoms with van der Waals surface area (Å²) in [5.41, 5.74) is 1.48. The van der Waals surface area contributed by atoms with Crippen molar-refractivity contribution in [3.63, 3.8) is 0 Å². The molecule has 1 aromatic heterocycles. The zero-order valence-corrected chi connectivity index (χ0v) is 16.1. The lowest BCUT2D eigenvalue weighted by Crippen LogP contribution is -2.20. The van der Waals surface area contributed by atoms with Gasteiger partial charge in [-0.3, -0.25) is 0 Å². The Morgan fingerprint density at radius 3 is 2.17 bits per heavy atom. The second-order valence-corrected chi connectivity index (χ2v) is 6.46. The van der Waals surface area contributed by atoms with Gasteiger partial charge in [0.2, 0.25) is 5.95 Å². The van der Waals surface area contributed by atoms with E-state index in [1.54, 1.807) is 24.3 Å². The minimum absolute atomic E-state index is 0.446. The van der Waals surface area contributed by atoms with Gasteiger partial charge in [0.25, 0.3) is 0 Å². The van der Waals surface area contributed by atoms with E-state index in [9.17, 15) is 13.6 Å². The SMILES string of the molecule is Cc1cc(N(C)C)nc(Nc2ccc(NC(=O)Nc3c(F)cccc3F)cc2)n1. The van der Waals surface area contributed by atoms with Crippen LogP contribution in [0.3, 0.4) is 0 Å². The summed E-state index contributed by atoms with van der Waals surface area (Å²) in [6, 6.07) is 11.2. The number of halogens is 2. The number of amides is 2. The smallest absolute Gasteiger partial charge is 0.323 e. The highest BCUT2D eigenvalue weighted by atomic mass is 19.1. The number of carbonyl (C=O) groups is 1. The first-order chi connectivity index (χ1) is 13.8. The monoisotopic (exact) mass is 398 g/mol. The molecule has 2 aromatic carbocycles. The third kappa shape index (κ3) is 5.16. The molecule has 0 unspecified atom stereocenters. The number of anilines is 5. The number of hydrogen-bond donors (Lipinski definition) is 3. The summed E-state index contributed by atoms with van der Waals surface area (Å²) >= 11 is 0. The largest absolute Gasteiger partial charge is 0.363 e. The predicted molar refractivity (Wildman–Crippen MR) is 110 cm³/mol. The topological polar surface area (TPSA) is 82.2 Å². The van der Waals surface area contributed by atoms with Gasteiger partial charge in [-0.05, 0) is 43.3 Å². The highest BCUT2D eigenvalue weighted by molar-refractivity contribution is 6.00. The number of hydrogen-bond acceptors (Lipinski definition) is 5. The van der Waals surface area contributed by atoms with Gasteiger partial charge in [0.15, 0.2) is 0 Å². The Kier molecular flexibility index (Phi) is 5.87. The molecule has 0 fully saturated rings. The number of rotatable bonds is 5. The molecule has 0 aliphatic heterocycles. The Labute approximate surface area is 166 Å². The molecule has 0 radical (unpaired) electrons. The zero-order valence-electron chi connectivity index (χ0n) is 16.1. The summed E-state index contributed by atoms with van der Waals surface area (Å²) in [6.07, 6.45) is 0. The lowest BCUT2D eigenvalue weighted by Gasteiger charge is -2.14. The molecule has 0 aliphatic rings. The van der Waals surface area contributed by atoms with Crippen LogP contribution in [0.15, 0.2) is 48.5 Å². The summed E-state index contributed by atoms with van der Waals surface area (Å²) < 4.78 is 27.2. The maximum atomic E-state index is 13.6. The first-order valence-corrected chi connectivity index (χ1v) is 8.74. The number of nitrogens with one attached hydrogen (secondary N) is 3. The van der Waals surface area contributed by atoms with Crippen molar-refractivity contribution < 1.29 is 13.6 Å². The molecule has 0 atom stereocenters. The van der Waals surface area contributed by atoms with Crippen molar-refractivity contribution in [2.24, 2.45) is 0 Å². The molecule has 9 heteroatoms. The van der Waals surface area contributed by atoms with Gasteiger partial charge in [0.05, 0.1) is 0 Å². The number of aryl methyl sites for hydroxylation is 1. The Bertz CT molecular complexity index is 1000. The molecule has 1 heterocycles. The fourth-order valence-electron chi connectivity index (χ4n) is 2.50. The second kappa shape index (κ2) is 8.51. The molecule has 3 rings (SSSR count). The number of para-hydroxylation sites is 1. The Morgan fingerprint density at radius 2 is 1.55 bits per heavy atom. The minimum atomic E-state index is -0.852. The van der Waals surface area contributed by atoms with Crippen LogP contribution in [0, 0.1) is 18.6 Å². The minimum Gasteiger partial charge on any atom is -0.363 e. The van der Waals surface area contributed by atoms with Gasteiger partial charge in [0.1, 0.15) is 23.1 Å². The predicted octanol–water partition coefficient (Wildman–Crippen LogP) is 4.52. The Balaban J connectivity index is 1.65. The number of urea groups is 1. The van der Waals surface area contributed by atoms with Gasteiger partial charge < -0.3 is 20.9 Å². The van der Waals surface area contributed by atoms with Crippen LogP contribution in [-0.4, -0.2) is 30.1 Å². The molecule has 0 saturated heterocycles. The lowest BCUT2D eigenvalue weighted by atomic mass is 10.2. The van der Waals surface area contributed by atoms with E-state index in [2.05, 4.69) is 25.9 Å². The number of benzene rings is 2. The van der Waals surface area contributed by atoms with E-state index in [1.165, 1.54) is 6.07 Å². The van der Waals surface area contributed by atoms with Crippen LogP contribution in [0.2, 0.25) is 0 Å². The summed E-state index contributed by atoms with van der Waals surface area (Å²) in [6.45, 7) is 1.88. The zero-order chi connectivity index (χ0) is 21.0. The van der Waals surface area contributed by atoms with Gasteiger partial charge in [-0.2, -0.15) is 4.98 Å². The number of aromatic nitrogens is 2. The van der Waals surface area contributed by atoms with Crippen molar-refractivity contribution in [1.29, 1.82) is 0 Å². The van der Waals surface area contributed by atoms with E-state index in [-0.39, 0.29) is 0 Å². The van der Waals surface area contributed by atoms with Gasteiger partial charge in [-0.25, -0.2) is 18.6 Å². The van der Waals surface area contributed by atoms with Crippen LogP contribution in [0.1, 0.15) is 5.69 Å². The molecular weight excluding hydrogens is 378 g/mol. The molecule has 0 spiro atoms. The van der Waals surface area contributed by atoms with E-state index in [1.807, 2.05) is 32.0 Å². The number of nitrogens with zero attached hydrogens (tertiary/aromatic N) is 3. The summed E-state index contributed by atoms with van der Waals surface area (Å²) in [5.74, 6) is -0.484. The molecule has 0 saturated carbocycles. The van der Waals surface area contributed by atoms with E-state index >= 15 is 0 Å². The standard InChI is InChI=1S/C20H20F2N6O/c1-12-11-17(28(2)3)26-19(23-12)24-13-7-9-14(10-8-13)25-20(29)27-18-15(21)5-4-6-16(18)22/h4-11H,1-3H3,(H,23,24,26)(H2,25,27,29). The maximum absolute atomic E-state index is 13.6. The van der Waals surface area contributed by atoms with Crippen molar-refractivity contribution in [1.82, 2.24) is 9.97 Å². The first-order valence-electron chi connectivity index (χ1n) is 8.74. The third-order valence-electron chi connectivity index (χ3n) is 3.90. The fourth-order valence-corrected chi connectivity index (χ4v) is 2.50. The van der Waals surface area contributed by atoms with Crippen LogP contribution in [0.5, 0.6) is 0 Å². The summed E-state index contributed by atoms with van der Waals surface area (Å²) in [7, 11) is 3.79. The second-order valence-electron chi connectivity index (χ2n) is 6.46. The van der Waals surface area contributed by atoms with Crippen LogP contribution in [-0.2, 0) is 0 Å². The van der Waals surface area contributed by atoms with Gasteiger partial charge >= 0.3 is 6.03 Å². The van der Waals surface area contributed by atoms with E-state index in [0.717, 1.165) is 23.6 Å². The Hall–Kier alpha value is -3.75. The maximum Gasteiger partial charge on any atom is 0.323 e. The average molecular weight is 398 g/mol. The van der Waals surface area contributed by atoms with Gasteiger partial charge in [0, 0.05) is 37.2 Å². The lowest BCUT2D eigenvalue weighted by molar-refractivity contribution is 0.262. The molecule has 3 aromatic rings. The van der Waals surface area contributed by atoms with Crippen molar-refractivity contribution in [2.45, 2.75) is 6.92 Å².